The number of carbonyl (C=O) groups is 2. The van der Waals surface area contributed by atoms with Gasteiger partial charge in [0.2, 0.25) is 11.8 Å². The number of aromatic nitrogens is 1. The third-order valence-corrected chi connectivity index (χ3v) is 3.76. The van der Waals surface area contributed by atoms with E-state index in [0.29, 0.717) is 11.3 Å². The molecule has 0 aliphatic carbocycles. The normalized spacial score (nSPS) is 15.7. The van der Waals surface area contributed by atoms with Crippen LogP contribution in [0.5, 0.6) is 11.5 Å². The molecule has 0 spiro atoms. The first kappa shape index (κ1) is 20.9. The minimum Gasteiger partial charge on any atom is -0.438 e. The van der Waals surface area contributed by atoms with E-state index in [1.54, 1.807) is 0 Å². The van der Waals surface area contributed by atoms with Crippen molar-refractivity contribution in [2.75, 3.05) is 6.54 Å². The van der Waals surface area contributed by atoms with Crippen LogP contribution >= 0.6 is 0 Å². The predicted molar refractivity (Wildman–Crippen MR) is 95.4 cm³/mol. The molecule has 1 aliphatic heterocycles. The number of rotatable bonds is 6. The van der Waals surface area contributed by atoms with Gasteiger partial charge in [0.25, 0.3) is 5.91 Å². The first-order valence-corrected chi connectivity index (χ1v) is 8.48. The summed E-state index contributed by atoms with van der Waals surface area (Å²) in [5.74, 6) is -1.08. The van der Waals surface area contributed by atoms with Crippen molar-refractivity contribution >= 4 is 17.7 Å². The fourth-order valence-electron chi connectivity index (χ4n) is 2.45. The maximum Gasteiger partial charge on any atom is 0.573 e. The first-order chi connectivity index (χ1) is 14.2. The van der Waals surface area contributed by atoms with Crippen LogP contribution in [0.2, 0.25) is 0 Å². The fourth-order valence-corrected chi connectivity index (χ4v) is 2.45. The van der Waals surface area contributed by atoms with Crippen molar-refractivity contribution < 1.29 is 37.1 Å². The number of nitrogens with one attached hydrogen (secondary N) is 1. The summed E-state index contributed by atoms with van der Waals surface area (Å²) in [6.07, 6.45) is -3.77. The second-order valence-electron chi connectivity index (χ2n) is 6.03. The number of carbonyl (C=O) groups excluding carboxylic acids is 2. The minimum atomic E-state index is -4.76. The van der Waals surface area contributed by atoms with Crippen LogP contribution in [0.15, 0.2) is 47.8 Å². The summed E-state index contributed by atoms with van der Waals surface area (Å²) >= 11 is 0. The summed E-state index contributed by atoms with van der Waals surface area (Å²) in [5.41, 5.74) is 5.60. The van der Waals surface area contributed by atoms with Gasteiger partial charge in [0.1, 0.15) is 17.2 Å². The zero-order chi connectivity index (χ0) is 21.7. The van der Waals surface area contributed by atoms with E-state index in [2.05, 4.69) is 20.2 Å². The van der Waals surface area contributed by atoms with Crippen molar-refractivity contribution in [3.63, 3.8) is 0 Å². The average Bonchev–Trinajstić information content (AvgIpc) is 3.14. The highest BCUT2D eigenvalue weighted by Crippen LogP contribution is 2.30. The van der Waals surface area contributed by atoms with Gasteiger partial charge in [0.15, 0.2) is 6.10 Å². The molecule has 2 amide bonds. The molecule has 12 heteroatoms. The lowest BCUT2D eigenvalue weighted by atomic mass is 10.1. The van der Waals surface area contributed by atoms with Crippen LogP contribution in [0.1, 0.15) is 28.6 Å². The number of oxime groups is 1. The van der Waals surface area contributed by atoms with Crippen molar-refractivity contribution in [1.82, 2.24) is 10.3 Å². The van der Waals surface area contributed by atoms with Crippen molar-refractivity contribution in [3.05, 3.63) is 53.9 Å². The van der Waals surface area contributed by atoms with Gasteiger partial charge in [-0.2, -0.15) is 0 Å². The van der Waals surface area contributed by atoms with Crippen molar-refractivity contribution in [3.8, 4) is 11.5 Å². The van der Waals surface area contributed by atoms with Crippen LogP contribution in [-0.4, -0.2) is 35.6 Å². The number of ether oxygens (including phenoxy) is 2. The number of primary amides is 1. The van der Waals surface area contributed by atoms with Crippen LogP contribution in [-0.2, 0) is 9.63 Å². The monoisotopic (exact) mass is 424 g/mol. The highest BCUT2D eigenvalue weighted by atomic mass is 19.4. The molecular weight excluding hydrogens is 409 g/mol. The van der Waals surface area contributed by atoms with Gasteiger partial charge < -0.3 is 25.4 Å². The van der Waals surface area contributed by atoms with E-state index in [-0.39, 0.29) is 30.3 Å². The third-order valence-electron chi connectivity index (χ3n) is 3.76. The predicted octanol–water partition coefficient (Wildman–Crippen LogP) is 2.05. The number of halogens is 3. The lowest BCUT2D eigenvalue weighted by Crippen LogP contribution is -2.33. The SMILES string of the molecule is NC(=O)CNC(=O)c1ccc(OC2=NO[C@@H](c3ccc(OC(F)(F)F)cc3)C2)cn1. The molecule has 0 saturated carbocycles. The Hall–Kier alpha value is -3.83. The summed E-state index contributed by atoms with van der Waals surface area (Å²) in [7, 11) is 0. The third kappa shape index (κ3) is 5.83. The molecule has 0 bridgehead atoms. The molecule has 1 atom stereocenters. The summed E-state index contributed by atoms with van der Waals surface area (Å²) in [4.78, 5) is 31.6. The second kappa shape index (κ2) is 8.68. The molecule has 0 saturated heterocycles. The highest BCUT2D eigenvalue weighted by molar-refractivity contribution is 5.94. The number of benzene rings is 1. The zero-order valence-corrected chi connectivity index (χ0v) is 15.2. The summed E-state index contributed by atoms with van der Waals surface area (Å²) < 4.78 is 46.0. The number of nitrogens with two attached hydrogens (primary N) is 1. The van der Waals surface area contributed by atoms with Gasteiger partial charge in [-0.15, -0.1) is 13.2 Å². The van der Waals surface area contributed by atoms with Gasteiger partial charge >= 0.3 is 6.36 Å². The highest BCUT2D eigenvalue weighted by Gasteiger charge is 2.31. The van der Waals surface area contributed by atoms with Gasteiger partial charge in [-0.1, -0.05) is 17.3 Å². The fraction of sp³-hybridized carbons (Fsp3) is 0.222. The van der Waals surface area contributed by atoms with Crippen LogP contribution in [0.4, 0.5) is 13.2 Å². The van der Waals surface area contributed by atoms with Gasteiger partial charge in [0.05, 0.1) is 19.2 Å². The van der Waals surface area contributed by atoms with E-state index in [4.69, 9.17) is 15.3 Å². The molecule has 2 aromatic rings. The van der Waals surface area contributed by atoms with Gasteiger partial charge in [0, 0.05) is 0 Å². The number of pyridine rings is 1. The van der Waals surface area contributed by atoms with Gasteiger partial charge in [-0.05, 0) is 29.8 Å². The number of amides is 2. The van der Waals surface area contributed by atoms with Gasteiger partial charge in [-0.25, -0.2) is 4.98 Å². The van der Waals surface area contributed by atoms with E-state index in [1.165, 1.54) is 42.6 Å². The number of hydrogen-bond acceptors (Lipinski definition) is 7. The molecule has 1 aromatic heterocycles. The molecule has 3 rings (SSSR count). The molecule has 2 heterocycles. The summed E-state index contributed by atoms with van der Waals surface area (Å²) in [6, 6.07) is 8.09. The number of alkyl halides is 3. The Morgan fingerprint density at radius 1 is 1.17 bits per heavy atom. The Morgan fingerprint density at radius 3 is 2.47 bits per heavy atom. The largest absolute Gasteiger partial charge is 0.573 e. The second-order valence-corrected chi connectivity index (χ2v) is 6.03. The van der Waals surface area contributed by atoms with E-state index in [9.17, 15) is 22.8 Å². The molecule has 3 N–H and O–H groups in total. The summed E-state index contributed by atoms with van der Waals surface area (Å²) in [5, 5.41) is 6.10. The Morgan fingerprint density at radius 2 is 1.87 bits per heavy atom. The lowest BCUT2D eigenvalue weighted by molar-refractivity contribution is -0.274. The maximum atomic E-state index is 12.2. The quantitative estimate of drug-likeness (QED) is 0.731. The van der Waals surface area contributed by atoms with Crippen LogP contribution < -0.4 is 20.5 Å². The smallest absolute Gasteiger partial charge is 0.438 e. The number of hydrogen-bond donors (Lipinski definition) is 2. The Bertz CT molecular complexity index is 946. The molecule has 158 valence electrons. The van der Waals surface area contributed by atoms with Crippen molar-refractivity contribution in [1.29, 1.82) is 0 Å². The molecule has 1 aromatic carbocycles. The zero-order valence-electron chi connectivity index (χ0n) is 15.2. The lowest BCUT2D eigenvalue weighted by Gasteiger charge is -2.11. The van der Waals surface area contributed by atoms with E-state index in [0.717, 1.165) is 0 Å². The maximum absolute atomic E-state index is 12.2. The van der Waals surface area contributed by atoms with E-state index >= 15 is 0 Å². The van der Waals surface area contributed by atoms with Gasteiger partial charge in [-0.3, -0.25) is 9.59 Å². The Kier molecular flexibility index (Phi) is 6.04. The molecule has 1 aliphatic rings. The molecule has 0 radical (unpaired) electrons. The van der Waals surface area contributed by atoms with Crippen LogP contribution in [0, 0.1) is 0 Å². The van der Waals surface area contributed by atoms with E-state index in [1.807, 2.05) is 0 Å². The molecule has 0 fully saturated rings. The van der Waals surface area contributed by atoms with E-state index < -0.39 is 24.3 Å². The molecular formula is C18H15F3N4O5. The topological polar surface area (TPSA) is 125 Å². The molecule has 9 nitrogen and oxygen atoms in total. The Balaban J connectivity index is 1.53. The van der Waals surface area contributed by atoms with Crippen molar-refractivity contribution in [2.24, 2.45) is 10.9 Å². The minimum absolute atomic E-state index is 0.0623. The average molecular weight is 424 g/mol. The molecule has 30 heavy (non-hydrogen) atoms. The summed E-state index contributed by atoms with van der Waals surface area (Å²) in [6.45, 7) is -0.308. The molecule has 0 unspecified atom stereocenters. The Labute approximate surface area is 167 Å². The van der Waals surface area contributed by atoms with Crippen LogP contribution in [0.25, 0.3) is 0 Å². The first-order valence-electron chi connectivity index (χ1n) is 8.48. The number of nitrogens with zero attached hydrogens (tertiary/aromatic N) is 2. The standard InChI is InChI=1S/C18H15F3N4O5/c19-18(20,21)29-11-3-1-10(2-4-11)14-7-16(25-30-14)28-12-5-6-13(23-8-12)17(27)24-9-15(22)26/h1-6,8,14H,7,9H2,(H2,22,26)(H,24,27)/t14-/m1/s1. The van der Waals surface area contributed by atoms with Crippen molar-refractivity contribution in [2.45, 2.75) is 18.9 Å². The van der Waals surface area contributed by atoms with Crippen LogP contribution in [0.3, 0.4) is 0 Å².